The standard InChI is InChI=1S/C43H55NO9S2Si/c1-42(2,3)55(48)44-33-27-19-18-26-32(28-49-56(7,8)43(4,5)6)54-41-37(52-40(47)31-24-16-11-17-25-31)36(51-39(46)30-22-14-10-15-23-30)35(34(33)53-41)50-38(45)29-20-12-9-13-21-29/h9-25,32-37,41,44H,26-28H2,1-8H3/b19-18-/t32?,33-,34?,35?,36?,37?,41?,55?/m1/s1. The van der Waals surface area contributed by atoms with E-state index in [0.29, 0.717) is 19.4 Å². The molecule has 1 saturated heterocycles. The molecular formula is C43H55NO9S2Si. The lowest BCUT2D eigenvalue weighted by Gasteiger charge is -2.48. The van der Waals surface area contributed by atoms with Crippen molar-refractivity contribution in [2.24, 2.45) is 0 Å². The molecule has 0 aliphatic carbocycles. The number of carbonyl (C=O) groups excluding carboxylic acids is 3. The molecule has 3 aromatic carbocycles. The van der Waals surface area contributed by atoms with Gasteiger partial charge in [0.15, 0.2) is 26.6 Å². The second-order valence-electron chi connectivity index (χ2n) is 16.6. The van der Waals surface area contributed by atoms with Gasteiger partial charge in [-0.05, 0) is 88.1 Å². The molecule has 10 nitrogen and oxygen atoms in total. The van der Waals surface area contributed by atoms with Crippen LogP contribution in [0.3, 0.4) is 0 Å². The zero-order valence-corrected chi connectivity index (χ0v) is 36.1. The molecule has 0 spiro atoms. The third kappa shape index (κ3) is 11.4. The first-order chi connectivity index (χ1) is 26.4. The van der Waals surface area contributed by atoms with Gasteiger partial charge < -0.3 is 27.9 Å². The minimum Gasteiger partial charge on any atom is -0.598 e. The summed E-state index contributed by atoms with van der Waals surface area (Å²) in [6.07, 6.45) is 0.0808. The van der Waals surface area contributed by atoms with Crippen LogP contribution >= 0.6 is 11.8 Å². The van der Waals surface area contributed by atoms with Crippen molar-refractivity contribution in [2.45, 2.75) is 118 Å². The van der Waals surface area contributed by atoms with Gasteiger partial charge in [-0.2, -0.15) is 0 Å². The van der Waals surface area contributed by atoms with Crippen LogP contribution in [-0.4, -0.2) is 83.3 Å². The van der Waals surface area contributed by atoms with E-state index in [1.54, 1.807) is 91.0 Å². The van der Waals surface area contributed by atoms with Crippen molar-refractivity contribution in [1.82, 2.24) is 4.72 Å². The van der Waals surface area contributed by atoms with Gasteiger partial charge in [0.05, 0.1) is 22.7 Å². The summed E-state index contributed by atoms with van der Waals surface area (Å²) < 4.78 is 49.1. The molecule has 302 valence electrons. The molecule has 2 heterocycles. The van der Waals surface area contributed by atoms with Gasteiger partial charge in [0, 0.05) is 23.2 Å². The highest BCUT2D eigenvalue weighted by Gasteiger charge is 2.56. The molecule has 1 N–H and O–H groups in total. The molecule has 7 unspecified atom stereocenters. The number of fused-ring (bicyclic) bond motifs is 2. The smallest absolute Gasteiger partial charge is 0.338 e. The van der Waals surface area contributed by atoms with Crippen molar-refractivity contribution < 1.29 is 42.3 Å². The zero-order chi connectivity index (χ0) is 40.7. The van der Waals surface area contributed by atoms with Crippen LogP contribution in [0.5, 0.6) is 0 Å². The Balaban J connectivity index is 1.64. The van der Waals surface area contributed by atoms with E-state index in [2.05, 4.69) is 44.7 Å². The Kier molecular flexibility index (Phi) is 14.7. The Hall–Kier alpha value is -3.43. The van der Waals surface area contributed by atoms with E-state index in [0.717, 1.165) is 0 Å². The minimum absolute atomic E-state index is 0.0299. The number of esters is 3. The fraction of sp³-hybridized carbons (Fsp3) is 0.465. The van der Waals surface area contributed by atoms with Gasteiger partial charge in [0.25, 0.3) is 0 Å². The molecular weight excluding hydrogens is 767 g/mol. The van der Waals surface area contributed by atoms with Crippen molar-refractivity contribution in [3.63, 3.8) is 0 Å². The number of hydrogen-bond donors (Lipinski definition) is 1. The summed E-state index contributed by atoms with van der Waals surface area (Å²) in [5, 5.41) is -0.191. The molecule has 0 amide bonds. The molecule has 56 heavy (non-hydrogen) atoms. The third-order valence-electron chi connectivity index (χ3n) is 10.2. The summed E-state index contributed by atoms with van der Waals surface area (Å²) in [7, 11) is -2.18. The first kappa shape index (κ1) is 43.7. The molecule has 13 heteroatoms. The maximum atomic E-state index is 14.0. The lowest BCUT2D eigenvalue weighted by Crippen LogP contribution is -2.66. The van der Waals surface area contributed by atoms with E-state index in [4.69, 9.17) is 23.4 Å². The molecule has 2 aliphatic rings. The van der Waals surface area contributed by atoms with Crippen molar-refractivity contribution in [3.05, 3.63) is 120 Å². The van der Waals surface area contributed by atoms with Crippen molar-refractivity contribution in [3.8, 4) is 0 Å². The molecule has 2 bridgehead atoms. The maximum absolute atomic E-state index is 14.0. The number of rotatable bonds is 11. The van der Waals surface area contributed by atoms with Crippen molar-refractivity contribution in [2.75, 3.05) is 6.61 Å². The second kappa shape index (κ2) is 18.9. The first-order valence-electron chi connectivity index (χ1n) is 19.0. The highest BCUT2D eigenvalue weighted by molar-refractivity contribution is 8.00. The van der Waals surface area contributed by atoms with Crippen LogP contribution in [0, 0.1) is 0 Å². The van der Waals surface area contributed by atoms with Gasteiger partial charge in [0.1, 0.15) is 16.3 Å². The van der Waals surface area contributed by atoms with Gasteiger partial charge in [0.2, 0.25) is 0 Å². The molecule has 8 atom stereocenters. The normalized spacial score (nSPS) is 25.6. The fourth-order valence-electron chi connectivity index (χ4n) is 5.89. The van der Waals surface area contributed by atoms with Crippen LogP contribution in [0.1, 0.15) is 85.5 Å². The molecule has 0 aromatic heterocycles. The van der Waals surface area contributed by atoms with E-state index in [1.807, 2.05) is 26.8 Å². The lowest BCUT2D eigenvalue weighted by molar-refractivity contribution is -0.205. The summed E-state index contributed by atoms with van der Waals surface area (Å²) in [6.45, 7) is 16.9. The fourth-order valence-corrected chi connectivity index (χ4v) is 9.22. The topological polar surface area (TPSA) is 132 Å². The molecule has 0 radical (unpaired) electrons. The predicted molar refractivity (Wildman–Crippen MR) is 223 cm³/mol. The number of allylic oxidation sites excluding steroid dienone is 1. The quantitative estimate of drug-likeness (QED) is 0.0659. The van der Waals surface area contributed by atoms with Crippen LogP contribution in [0.2, 0.25) is 18.1 Å². The minimum atomic E-state index is -2.18. The third-order valence-corrected chi connectivity index (χ3v) is 17.7. The Morgan fingerprint density at radius 1 is 0.732 bits per heavy atom. The monoisotopic (exact) mass is 821 g/mol. The first-order valence-corrected chi connectivity index (χ1v) is 24.0. The van der Waals surface area contributed by atoms with Crippen molar-refractivity contribution in [1.29, 1.82) is 0 Å². The molecule has 3 aromatic rings. The summed E-state index contributed by atoms with van der Waals surface area (Å²) >= 11 is -0.153. The van der Waals surface area contributed by atoms with Gasteiger partial charge in [-0.25, -0.2) is 14.4 Å². The highest BCUT2D eigenvalue weighted by atomic mass is 32.2. The zero-order valence-electron chi connectivity index (χ0n) is 33.5. The van der Waals surface area contributed by atoms with Crippen molar-refractivity contribution >= 4 is 49.3 Å². The summed E-state index contributed by atoms with van der Waals surface area (Å²) in [5.74, 6) is -2.06. The number of hydrogen-bond acceptors (Lipinski definition) is 11. The van der Waals surface area contributed by atoms with E-state index in [1.165, 1.54) is 11.8 Å². The molecule has 2 aliphatic heterocycles. The van der Waals surface area contributed by atoms with E-state index in [9.17, 15) is 18.9 Å². The molecule has 5 rings (SSSR count). The summed E-state index contributed by atoms with van der Waals surface area (Å²) in [5.41, 5.74) is -0.124. The number of nitrogens with one attached hydrogen (secondary N) is 1. The summed E-state index contributed by atoms with van der Waals surface area (Å²) in [6, 6.07) is 24.8. The van der Waals surface area contributed by atoms with Crippen LogP contribution in [-0.2, 0) is 34.7 Å². The summed E-state index contributed by atoms with van der Waals surface area (Å²) in [4.78, 5) is 42.0. The van der Waals surface area contributed by atoms with Gasteiger partial charge in [-0.15, -0.1) is 16.5 Å². The number of benzene rings is 3. The van der Waals surface area contributed by atoms with E-state index < -0.39 is 78.2 Å². The van der Waals surface area contributed by atoms with Crippen LogP contribution in [0.4, 0.5) is 0 Å². The number of thioether (sulfide) groups is 1. The van der Waals surface area contributed by atoms with Gasteiger partial charge >= 0.3 is 17.9 Å². The SMILES string of the molecule is CC(C)(C)[S+]([O-])N[C@@H]1C/C=C\CC(CO[Si](C)(C)C(C)(C)C)SC2OC1C(OC(=O)c1ccccc1)C(OC(=O)c1ccccc1)C2OC(=O)c1ccccc1. The Bertz CT molecular complexity index is 1780. The Morgan fingerprint density at radius 3 is 1.64 bits per heavy atom. The largest absolute Gasteiger partial charge is 0.598 e. The predicted octanol–water partition coefficient (Wildman–Crippen LogP) is 8.28. The Morgan fingerprint density at radius 2 is 1.18 bits per heavy atom. The van der Waals surface area contributed by atoms with Crippen LogP contribution < -0.4 is 4.72 Å². The van der Waals surface area contributed by atoms with Gasteiger partial charge in [-0.3, -0.25) is 0 Å². The van der Waals surface area contributed by atoms with E-state index >= 15 is 0 Å². The molecule has 1 fully saturated rings. The van der Waals surface area contributed by atoms with Crippen LogP contribution in [0.25, 0.3) is 0 Å². The van der Waals surface area contributed by atoms with Crippen LogP contribution in [0.15, 0.2) is 103 Å². The van der Waals surface area contributed by atoms with E-state index in [-0.39, 0.29) is 27.0 Å². The average molecular weight is 822 g/mol. The van der Waals surface area contributed by atoms with Gasteiger partial charge in [-0.1, -0.05) is 87.5 Å². The number of carbonyl (C=O) groups is 3. The maximum Gasteiger partial charge on any atom is 0.338 e. The highest BCUT2D eigenvalue weighted by Crippen LogP contribution is 2.42. The average Bonchev–Trinajstić information content (AvgIpc) is 3.16. The Labute approximate surface area is 339 Å². The number of ether oxygens (including phenoxy) is 4. The lowest BCUT2D eigenvalue weighted by atomic mass is 9.92. The molecule has 0 saturated carbocycles. The second-order valence-corrected chi connectivity index (χ2v) is 24.8.